The Balaban J connectivity index is 2.20. The predicted octanol–water partition coefficient (Wildman–Crippen LogP) is 3.62. The number of hydrogen-bond acceptors (Lipinski definition) is 4. The Kier molecular flexibility index (Phi) is 4.96. The van der Waals surface area contributed by atoms with Gasteiger partial charge in [-0.05, 0) is 35.9 Å². The van der Waals surface area contributed by atoms with E-state index in [0.717, 1.165) is 6.07 Å². The van der Waals surface area contributed by atoms with Gasteiger partial charge < -0.3 is 4.74 Å². The van der Waals surface area contributed by atoms with Gasteiger partial charge in [-0.3, -0.25) is 4.18 Å². The molecule has 0 spiro atoms. The van der Waals surface area contributed by atoms with Crippen molar-refractivity contribution in [3.63, 3.8) is 0 Å². The third-order valence-electron chi connectivity index (χ3n) is 3.04. The molecule has 4 nitrogen and oxygen atoms in total. The zero-order valence-electron chi connectivity index (χ0n) is 12.0. The van der Waals surface area contributed by atoms with Crippen molar-refractivity contribution in [2.24, 2.45) is 0 Å². The van der Waals surface area contributed by atoms with E-state index in [-0.39, 0.29) is 10.5 Å². The van der Waals surface area contributed by atoms with Crippen LogP contribution >= 0.6 is 0 Å². The Morgan fingerprint density at radius 2 is 1.61 bits per heavy atom. The summed E-state index contributed by atoms with van der Waals surface area (Å²) < 4.78 is 72.3. The first-order valence-electron chi connectivity index (χ1n) is 6.42. The van der Waals surface area contributed by atoms with Crippen LogP contribution in [0.15, 0.2) is 53.4 Å². The van der Waals surface area contributed by atoms with Gasteiger partial charge in [0.2, 0.25) is 0 Å². The van der Waals surface area contributed by atoms with Crippen molar-refractivity contribution in [1.82, 2.24) is 0 Å². The molecule has 0 radical (unpaired) electrons. The SMILES string of the molecule is COc1ccc(S(=O)(=O)OCc2ccccc2C(F)(F)F)cc1. The molecule has 0 amide bonds. The lowest BCUT2D eigenvalue weighted by Crippen LogP contribution is -2.12. The van der Waals surface area contributed by atoms with Crippen molar-refractivity contribution in [3.8, 4) is 5.75 Å². The summed E-state index contributed by atoms with van der Waals surface area (Å²) in [5, 5.41) is 0. The molecule has 0 saturated carbocycles. The van der Waals surface area contributed by atoms with Gasteiger partial charge in [-0.1, -0.05) is 18.2 Å². The van der Waals surface area contributed by atoms with Crippen LogP contribution in [-0.2, 0) is 27.1 Å². The van der Waals surface area contributed by atoms with Gasteiger partial charge in [0.1, 0.15) is 5.75 Å². The molecule has 0 unspecified atom stereocenters. The highest BCUT2D eigenvalue weighted by Gasteiger charge is 2.33. The van der Waals surface area contributed by atoms with Gasteiger partial charge in [0.15, 0.2) is 0 Å². The van der Waals surface area contributed by atoms with E-state index in [4.69, 9.17) is 8.92 Å². The van der Waals surface area contributed by atoms with Crippen LogP contribution in [-0.4, -0.2) is 15.5 Å². The minimum Gasteiger partial charge on any atom is -0.497 e. The molecule has 2 aromatic carbocycles. The highest BCUT2D eigenvalue weighted by molar-refractivity contribution is 7.86. The van der Waals surface area contributed by atoms with Crippen LogP contribution in [0.25, 0.3) is 0 Å². The zero-order chi connectivity index (χ0) is 17.1. The lowest BCUT2D eigenvalue weighted by atomic mass is 10.1. The summed E-state index contributed by atoms with van der Waals surface area (Å²) in [5.74, 6) is 0.450. The molecule has 2 aromatic rings. The molecule has 0 aliphatic rings. The zero-order valence-corrected chi connectivity index (χ0v) is 12.8. The second-order valence-corrected chi connectivity index (χ2v) is 6.16. The van der Waals surface area contributed by atoms with Crippen molar-refractivity contribution < 1.29 is 30.5 Å². The van der Waals surface area contributed by atoms with Crippen molar-refractivity contribution in [1.29, 1.82) is 0 Å². The first kappa shape index (κ1) is 17.3. The molecule has 8 heteroatoms. The molecule has 2 rings (SSSR count). The average Bonchev–Trinajstić information content (AvgIpc) is 2.52. The summed E-state index contributed by atoms with van der Waals surface area (Å²) in [4.78, 5) is -0.164. The van der Waals surface area contributed by atoms with Crippen LogP contribution in [0.5, 0.6) is 5.75 Å². The molecule has 23 heavy (non-hydrogen) atoms. The van der Waals surface area contributed by atoms with Gasteiger partial charge in [0, 0.05) is 0 Å². The van der Waals surface area contributed by atoms with Crippen LogP contribution in [0.4, 0.5) is 13.2 Å². The van der Waals surface area contributed by atoms with Crippen LogP contribution in [0, 0.1) is 0 Å². The minimum absolute atomic E-state index is 0.164. The van der Waals surface area contributed by atoms with E-state index in [1.807, 2.05) is 0 Å². The van der Waals surface area contributed by atoms with E-state index >= 15 is 0 Å². The van der Waals surface area contributed by atoms with Gasteiger partial charge in [-0.25, -0.2) is 0 Å². The van der Waals surface area contributed by atoms with E-state index in [1.165, 1.54) is 49.6 Å². The molecule has 0 aliphatic carbocycles. The van der Waals surface area contributed by atoms with Gasteiger partial charge in [-0.15, -0.1) is 0 Å². The Labute approximate surface area is 131 Å². The Bertz CT molecular complexity index is 768. The number of hydrogen-bond donors (Lipinski definition) is 0. The van der Waals surface area contributed by atoms with E-state index in [9.17, 15) is 21.6 Å². The molecule has 0 aromatic heterocycles. The largest absolute Gasteiger partial charge is 0.497 e. The summed E-state index contributed by atoms with van der Waals surface area (Å²) in [5.41, 5.74) is -1.18. The number of alkyl halides is 3. The van der Waals surface area contributed by atoms with Crippen molar-refractivity contribution in [3.05, 3.63) is 59.7 Å². The number of benzene rings is 2. The van der Waals surface area contributed by atoms with Gasteiger partial charge >= 0.3 is 6.18 Å². The number of methoxy groups -OCH3 is 1. The molecule has 0 aliphatic heterocycles. The molecule has 0 atom stereocenters. The summed E-state index contributed by atoms with van der Waals surface area (Å²) in [6, 6.07) is 10.00. The fourth-order valence-electron chi connectivity index (χ4n) is 1.87. The highest BCUT2D eigenvalue weighted by atomic mass is 32.2. The maximum absolute atomic E-state index is 12.9. The van der Waals surface area contributed by atoms with Gasteiger partial charge in [-0.2, -0.15) is 21.6 Å². The summed E-state index contributed by atoms with van der Waals surface area (Å²) in [6.07, 6.45) is -4.58. The molecule has 0 bridgehead atoms. The molecule has 0 heterocycles. The normalized spacial score (nSPS) is 12.2. The Morgan fingerprint density at radius 3 is 2.17 bits per heavy atom. The average molecular weight is 346 g/mol. The van der Waals surface area contributed by atoms with Crippen molar-refractivity contribution >= 4 is 10.1 Å². The lowest BCUT2D eigenvalue weighted by molar-refractivity contribution is -0.138. The molecular formula is C15H13F3O4S. The molecule has 0 saturated heterocycles. The monoisotopic (exact) mass is 346 g/mol. The van der Waals surface area contributed by atoms with E-state index in [0.29, 0.717) is 5.75 Å². The molecular weight excluding hydrogens is 333 g/mol. The third-order valence-corrected chi connectivity index (χ3v) is 4.32. The van der Waals surface area contributed by atoms with E-state index < -0.39 is 28.5 Å². The Hall–Kier alpha value is -2.06. The molecule has 0 fully saturated rings. The van der Waals surface area contributed by atoms with Gasteiger partial charge in [0.05, 0.1) is 24.2 Å². The highest BCUT2D eigenvalue weighted by Crippen LogP contribution is 2.32. The molecule has 0 N–H and O–H groups in total. The van der Waals surface area contributed by atoms with Crippen molar-refractivity contribution in [2.45, 2.75) is 17.7 Å². The van der Waals surface area contributed by atoms with E-state index in [2.05, 4.69) is 0 Å². The fraction of sp³-hybridized carbons (Fsp3) is 0.200. The quantitative estimate of drug-likeness (QED) is 0.776. The second kappa shape index (κ2) is 6.59. The minimum atomic E-state index is -4.58. The number of halogens is 3. The summed E-state index contributed by atoms with van der Waals surface area (Å²) >= 11 is 0. The van der Waals surface area contributed by atoms with Gasteiger partial charge in [0.25, 0.3) is 10.1 Å². The first-order chi connectivity index (χ1) is 10.7. The second-order valence-electron chi connectivity index (χ2n) is 4.55. The van der Waals surface area contributed by atoms with Crippen LogP contribution in [0.1, 0.15) is 11.1 Å². The summed E-state index contributed by atoms with van der Waals surface area (Å²) in [6.45, 7) is -0.704. The number of rotatable bonds is 5. The van der Waals surface area contributed by atoms with Crippen molar-refractivity contribution in [2.75, 3.05) is 7.11 Å². The van der Waals surface area contributed by atoms with Crippen LogP contribution in [0.3, 0.4) is 0 Å². The lowest BCUT2D eigenvalue weighted by Gasteiger charge is -2.13. The summed E-state index contributed by atoms with van der Waals surface area (Å²) in [7, 11) is -2.74. The third kappa shape index (κ3) is 4.23. The van der Waals surface area contributed by atoms with Crippen LogP contribution in [0.2, 0.25) is 0 Å². The van der Waals surface area contributed by atoms with E-state index in [1.54, 1.807) is 0 Å². The van der Waals surface area contributed by atoms with Crippen LogP contribution < -0.4 is 4.74 Å². The number of ether oxygens (including phenoxy) is 1. The standard InChI is InChI=1S/C15H13F3O4S/c1-21-12-6-8-13(9-7-12)23(19,20)22-10-11-4-2-3-5-14(11)15(16,17)18/h2-9H,10H2,1H3. The topological polar surface area (TPSA) is 52.6 Å². The maximum Gasteiger partial charge on any atom is 0.416 e. The first-order valence-corrected chi connectivity index (χ1v) is 7.83. The smallest absolute Gasteiger partial charge is 0.416 e. The Morgan fingerprint density at radius 1 is 1.00 bits per heavy atom. The predicted molar refractivity (Wildman–Crippen MR) is 76.4 cm³/mol. The fourth-order valence-corrected chi connectivity index (χ4v) is 2.76. The maximum atomic E-state index is 12.9. The molecule has 124 valence electrons.